The quantitative estimate of drug-likeness (QED) is 0.282. The molecule has 0 radical (unpaired) electrons. The van der Waals surface area contributed by atoms with E-state index in [1.54, 1.807) is 18.2 Å². The van der Waals surface area contributed by atoms with E-state index in [4.69, 9.17) is 5.73 Å². The summed E-state index contributed by atoms with van der Waals surface area (Å²) in [6, 6.07) is 4.97. The number of phenolic OH excluding ortho intramolecular Hbond substituents is 1. The molecule has 1 heterocycles. The Hall–Kier alpha value is -4.55. The number of pyridine rings is 1. The zero-order valence-electron chi connectivity index (χ0n) is 21.7. The van der Waals surface area contributed by atoms with Crippen molar-refractivity contribution >= 4 is 29.1 Å². The maximum atomic E-state index is 13.9. The molecular formula is C28H28N4O8. The number of aromatic hydroxyl groups is 1. The number of aliphatic hydroxyl groups is 3. The maximum absolute atomic E-state index is 13.9. The second kappa shape index (κ2) is 9.57. The van der Waals surface area contributed by atoms with Crippen molar-refractivity contribution in [2.75, 3.05) is 14.1 Å². The SMILES string of the molecule is CN(C)[C@H]1C(=O)C(C(N)=O)=C(O)[C@]2(O)C(=O)C3=C(O)c4c(O)ccc(CNC(=O)c5cccnc5)c4C[C@@H]3C[C@@H]12. The number of rotatable bonds is 5. The highest BCUT2D eigenvalue weighted by Crippen LogP contribution is 2.52. The molecule has 0 saturated heterocycles. The summed E-state index contributed by atoms with van der Waals surface area (Å²) >= 11 is 0. The van der Waals surface area contributed by atoms with Crippen LogP contribution in [0.15, 0.2) is 53.6 Å². The number of likely N-dealkylation sites (N-methyl/N-ethyl adjacent to an activating group) is 1. The number of aromatic nitrogens is 1. The number of carbonyl (C=O) groups excluding carboxylic acids is 4. The van der Waals surface area contributed by atoms with Crippen LogP contribution in [0.2, 0.25) is 0 Å². The van der Waals surface area contributed by atoms with Crippen molar-refractivity contribution in [2.24, 2.45) is 17.6 Å². The van der Waals surface area contributed by atoms with Gasteiger partial charge in [-0.05, 0) is 62.2 Å². The average molecular weight is 549 g/mol. The molecule has 1 aromatic heterocycles. The largest absolute Gasteiger partial charge is 0.508 e. The molecule has 3 aliphatic carbocycles. The molecule has 1 aromatic carbocycles. The maximum Gasteiger partial charge on any atom is 0.255 e. The van der Waals surface area contributed by atoms with Crippen molar-refractivity contribution in [1.82, 2.24) is 15.2 Å². The Morgan fingerprint density at radius 2 is 1.90 bits per heavy atom. The minimum Gasteiger partial charge on any atom is -0.508 e. The molecule has 0 unspecified atom stereocenters. The molecule has 3 aliphatic rings. The van der Waals surface area contributed by atoms with Gasteiger partial charge < -0.3 is 31.5 Å². The molecule has 0 bridgehead atoms. The predicted octanol–water partition coefficient (Wildman–Crippen LogP) is 0.289. The lowest BCUT2D eigenvalue weighted by atomic mass is 9.57. The average Bonchev–Trinajstić information content (AvgIpc) is 2.90. The van der Waals surface area contributed by atoms with Crippen LogP contribution in [0.25, 0.3) is 5.76 Å². The van der Waals surface area contributed by atoms with Gasteiger partial charge in [0.1, 0.15) is 22.8 Å². The van der Waals surface area contributed by atoms with E-state index in [9.17, 15) is 39.6 Å². The van der Waals surface area contributed by atoms with E-state index < -0.39 is 58.0 Å². The number of fused-ring (bicyclic) bond motifs is 3. The molecule has 12 nitrogen and oxygen atoms in total. The summed E-state index contributed by atoms with van der Waals surface area (Å²) in [6.07, 6.45) is 3.05. The lowest BCUT2D eigenvalue weighted by molar-refractivity contribution is -0.153. The van der Waals surface area contributed by atoms with Crippen LogP contribution >= 0.6 is 0 Å². The minimum absolute atomic E-state index is 0.0249. The molecule has 208 valence electrons. The Labute approximate surface area is 228 Å². The molecular weight excluding hydrogens is 520 g/mol. The molecule has 2 aromatic rings. The highest BCUT2D eigenvalue weighted by atomic mass is 16.3. The summed E-state index contributed by atoms with van der Waals surface area (Å²) in [7, 11) is 3.07. The first-order chi connectivity index (χ1) is 18.9. The monoisotopic (exact) mass is 548 g/mol. The lowest BCUT2D eigenvalue weighted by Crippen LogP contribution is -2.65. The molecule has 4 atom stereocenters. The van der Waals surface area contributed by atoms with Gasteiger partial charge in [-0.1, -0.05) is 6.07 Å². The fourth-order valence-corrected chi connectivity index (χ4v) is 6.25. The number of amides is 2. The van der Waals surface area contributed by atoms with Gasteiger partial charge in [-0.3, -0.25) is 29.1 Å². The van der Waals surface area contributed by atoms with Crippen LogP contribution in [-0.2, 0) is 27.3 Å². The van der Waals surface area contributed by atoms with Gasteiger partial charge >= 0.3 is 0 Å². The number of hydrogen-bond acceptors (Lipinski definition) is 10. The van der Waals surface area contributed by atoms with E-state index in [2.05, 4.69) is 10.3 Å². The molecule has 1 saturated carbocycles. The molecule has 40 heavy (non-hydrogen) atoms. The van der Waals surface area contributed by atoms with Crippen LogP contribution < -0.4 is 11.1 Å². The van der Waals surface area contributed by atoms with Gasteiger partial charge in [-0.2, -0.15) is 0 Å². The predicted molar refractivity (Wildman–Crippen MR) is 140 cm³/mol. The van der Waals surface area contributed by atoms with Crippen LogP contribution in [0.5, 0.6) is 5.75 Å². The molecule has 0 aliphatic heterocycles. The van der Waals surface area contributed by atoms with Crippen LogP contribution in [0.4, 0.5) is 0 Å². The Bertz CT molecular complexity index is 1530. The number of aliphatic hydroxyl groups excluding tert-OH is 2. The molecule has 1 fully saturated rings. The number of primary amides is 1. The van der Waals surface area contributed by atoms with Crippen LogP contribution in [0, 0.1) is 11.8 Å². The zero-order valence-corrected chi connectivity index (χ0v) is 21.7. The number of Topliss-reactive ketones (excluding diaryl/α,β-unsaturated/α-hetero) is 2. The fraction of sp³-hybridized carbons (Fsp3) is 0.321. The van der Waals surface area contributed by atoms with Crippen LogP contribution in [0.1, 0.15) is 33.5 Å². The molecule has 7 N–H and O–H groups in total. The highest BCUT2D eigenvalue weighted by molar-refractivity contribution is 6.24. The Morgan fingerprint density at radius 1 is 1.18 bits per heavy atom. The fourth-order valence-electron chi connectivity index (χ4n) is 6.25. The topological polar surface area (TPSA) is 203 Å². The van der Waals surface area contributed by atoms with Crippen molar-refractivity contribution in [3.8, 4) is 5.75 Å². The summed E-state index contributed by atoms with van der Waals surface area (Å²) in [5.41, 5.74) is 2.90. The number of hydrogen-bond donors (Lipinski definition) is 6. The first kappa shape index (κ1) is 27.0. The number of nitrogens with two attached hydrogens (primary N) is 1. The number of ketones is 2. The first-order valence-corrected chi connectivity index (χ1v) is 12.6. The van der Waals surface area contributed by atoms with Gasteiger partial charge in [-0.15, -0.1) is 0 Å². The Kier molecular flexibility index (Phi) is 6.47. The number of nitrogens with zero attached hydrogens (tertiary/aromatic N) is 2. The van der Waals surface area contributed by atoms with Gasteiger partial charge in [0.25, 0.3) is 11.8 Å². The second-order valence-electron chi connectivity index (χ2n) is 10.5. The van der Waals surface area contributed by atoms with E-state index in [0.717, 1.165) is 0 Å². The number of benzene rings is 1. The Morgan fingerprint density at radius 3 is 2.52 bits per heavy atom. The van der Waals surface area contributed by atoms with E-state index in [1.807, 2.05) is 0 Å². The van der Waals surface area contributed by atoms with E-state index in [0.29, 0.717) is 16.7 Å². The second-order valence-corrected chi connectivity index (χ2v) is 10.5. The summed E-state index contributed by atoms with van der Waals surface area (Å²) < 4.78 is 0. The molecule has 2 amide bonds. The molecule has 5 rings (SSSR count). The lowest BCUT2D eigenvalue weighted by Gasteiger charge is -2.50. The van der Waals surface area contributed by atoms with Gasteiger partial charge in [0.15, 0.2) is 11.4 Å². The Balaban J connectivity index is 1.59. The van der Waals surface area contributed by atoms with Crippen LogP contribution in [-0.4, -0.2) is 79.4 Å². The number of phenols is 1. The summed E-state index contributed by atoms with van der Waals surface area (Å²) in [6.45, 7) is 0.0390. The first-order valence-electron chi connectivity index (χ1n) is 12.6. The van der Waals surface area contributed by atoms with Gasteiger partial charge in [0, 0.05) is 30.4 Å². The van der Waals surface area contributed by atoms with Crippen molar-refractivity contribution in [2.45, 2.75) is 31.0 Å². The third kappa shape index (κ3) is 3.87. The number of carbonyl (C=O) groups is 4. The van der Waals surface area contributed by atoms with Crippen molar-refractivity contribution < 1.29 is 39.6 Å². The summed E-state index contributed by atoms with van der Waals surface area (Å²) in [5.74, 6) is -7.51. The van der Waals surface area contributed by atoms with E-state index in [1.165, 1.54) is 37.5 Å². The van der Waals surface area contributed by atoms with Gasteiger partial charge in [0.05, 0.1) is 17.2 Å². The normalized spacial score (nSPS) is 25.9. The van der Waals surface area contributed by atoms with Crippen molar-refractivity contribution in [1.29, 1.82) is 0 Å². The minimum atomic E-state index is -2.70. The third-order valence-corrected chi connectivity index (χ3v) is 8.06. The molecule has 0 spiro atoms. The molecule has 12 heteroatoms. The van der Waals surface area contributed by atoms with Crippen LogP contribution in [0.3, 0.4) is 0 Å². The van der Waals surface area contributed by atoms with Gasteiger partial charge in [-0.25, -0.2) is 0 Å². The third-order valence-electron chi connectivity index (χ3n) is 8.06. The van der Waals surface area contributed by atoms with Gasteiger partial charge in [0.2, 0.25) is 5.78 Å². The zero-order chi connectivity index (χ0) is 29.1. The van der Waals surface area contributed by atoms with E-state index in [-0.39, 0.29) is 42.2 Å². The number of nitrogens with one attached hydrogen (secondary N) is 1. The van der Waals surface area contributed by atoms with E-state index >= 15 is 0 Å². The van der Waals surface area contributed by atoms with Crippen molar-refractivity contribution in [3.63, 3.8) is 0 Å². The standard InChI is InChI=1S/C28H28N4O8/c1-32(2)21-16-9-14-8-15-12(11-31-27(39)13-4-3-7-30-10-13)5-6-17(33)19(15)22(34)18(14)24(36)28(16,40)25(37)20(23(21)35)26(29)38/h3-7,10,14,16,21,33-34,37,40H,8-9,11H2,1-2H3,(H2,29,38)(H,31,39)/t14-,16+,21-,28-/m1/s1. The summed E-state index contributed by atoms with van der Waals surface area (Å²) in [4.78, 5) is 57.1. The van der Waals surface area contributed by atoms with Crippen molar-refractivity contribution in [3.05, 3.63) is 75.8 Å². The smallest absolute Gasteiger partial charge is 0.255 e. The summed E-state index contributed by atoms with van der Waals surface area (Å²) in [5, 5.41) is 47.3. The highest BCUT2D eigenvalue weighted by Gasteiger charge is 2.64.